The Kier molecular flexibility index (Phi) is 1.64. The fraction of sp³-hybridized carbons (Fsp3) is 0.333. The Morgan fingerprint density at radius 1 is 1.44 bits per heavy atom. The van der Waals surface area contributed by atoms with Crippen molar-refractivity contribution >= 4 is 0 Å². The predicted octanol–water partition coefficient (Wildman–Crippen LogP) is 0.131. The van der Waals surface area contributed by atoms with E-state index in [0.717, 1.165) is 6.08 Å². The van der Waals surface area contributed by atoms with Crippen molar-refractivity contribution in [3.63, 3.8) is 0 Å². The molecule has 3 heteroatoms. The fourth-order valence-corrected chi connectivity index (χ4v) is 0.628. The lowest BCUT2D eigenvalue weighted by atomic mass is 10.1. The average molecular weight is 130 g/mol. The molecule has 1 aliphatic rings. The molecule has 0 aromatic heterocycles. The Morgan fingerprint density at radius 2 is 2.11 bits per heavy atom. The average Bonchev–Trinajstić information content (AvgIpc) is 1.83. The van der Waals surface area contributed by atoms with Crippen LogP contribution in [0.5, 0.6) is 0 Å². The van der Waals surface area contributed by atoms with Crippen LogP contribution in [-0.2, 0) is 0 Å². The van der Waals surface area contributed by atoms with E-state index in [-0.39, 0.29) is 0 Å². The highest BCUT2D eigenvalue weighted by molar-refractivity contribution is 5.20. The number of rotatable bonds is 0. The second-order valence-corrected chi connectivity index (χ2v) is 1.87. The molecule has 2 atom stereocenters. The van der Waals surface area contributed by atoms with Gasteiger partial charge in [0.1, 0.15) is 18.0 Å². The maximum absolute atomic E-state index is 12.2. The first kappa shape index (κ1) is 6.45. The minimum atomic E-state index is -1.37. The molecule has 2 nitrogen and oxygen atoms in total. The number of allylic oxidation sites excluding steroid dienone is 2. The number of aliphatic hydroxyl groups is 2. The third-order valence-electron chi connectivity index (χ3n) is 1.17. The third-order valence-corrected chi connectivity index (χ3v) is 1.17. The van der Waals surface area contributed by atoms with Gasteiger partial charge in [-0.2, -0.15) is 0 Å². The van der Waals surface area contributed by atoms with E-state index in [0.29, 0.717) is 0 Å². The molecule has 0 saturated carbocycles. The van der Waals surface area contributed by atoms with Gasteiger partial charge in [0.25, 0.3) is 0 Å². The van der Waals surface area contributed by atoms with Crippen LogP contribution < -0.4 is 0 Å². The van der Waals surface area contributed by atoms with Crippen LogP contribution in [0.3, 0.4) is 0 Å². The zero-order valence-corrected chi connectivity index (χ0v) is 4.66. The largest absolute Gasteiger partial charge is 0.386 e. The number of halogens is 1. The molecule has 0 aromatic rings. The van der Waals surface area contributed by atoms with E-state index in [1.54, 1.807) is 0 Å². The zero-order valence-electron chi connectivity index (χ0n) is 4.66. The Balaban J connectivity index is 2.73. The molecule has 50 valence electrons. The molecule has 0 saturated heterocycles. The van der Waals surface area contributed by atoms with Crippen LogP contribution >= 0.6 is 0 Å². The summed E-state index contributed by atoms with van der Waals surface area (Å²) in [5.74, 6) is -0.690. The van der Waals surface area contributed by atoms with Crippen LogP contribution in [0, 0.1) is 0 Å². The number of aliphatic hydroxyl groups excluding tert-OH is 2. The number of hydrogen-bond acceptors (Lipinski definition) is 2. The predicted molar refractivity (Wildman–Crippen MR) is 30.3 cm³/mol. The maximum Gasteiger partial charge on any atom is 0.135 e. The normalized spacial score (nSPS) is 34.3. The molecule has 2 N–H and O–H groups in total. The van der Waals surface area contributed by atoms with Gasteiger partial charge in [0.15, 0.2) is 0 Å². The lowest BCUT2D eigenvalue weighted by Crippen LogP contribution is -2.25. The summed E-state index contributed by atoms with van der Waals surface area (Å²) in [4.78, 5) is 0. The third kappa shape index (κ3) is 1.17. The van der Waals surface area contributed by atoms with Crippen molar-refractivity contribution < 1.29 is 14.6 Å². The Labute approximate surface area is 51.9 Å². The Morgan fingerprint density at radius 3 is 2.56 bits per heavy atom. The van der Waals surface area contributed by atoms with Crippen LogP contribution in [-0.4, -0.2) is 22.4 Å². The number of hydrogen-bond donors (Lipinski definition) is 2. The summed E-state index contributed by atoms with van der Waals surface area (Å²) in [6.45, 7) is 0. The summed E-state index contributed by atoms with van der Waals surface area (Å²) >= 11 is 0. The van der Waals surface area contributed by atoms with E-state index in [1.807, 2.05) is 0 Å². The molecule has 9 heavy (non-hydrogen) atoms. The van der Waals surface area contributed by atoms with Gasteiger partial charge in [0, 0.05) is 0 Å². The lowest BCUT2D eigenvalue weighted by molar-refractivity contribution is 0.0567. The highest BCUT2D eigenvalue weighted by atomic mass is 19.1. The van der Waals surface area contributed by atoms with Gasteiger partial charge in [-0.1, -0.05) is 12.2 Å². The van der Waals surface area contributed by atoms with Gasteiger partial charge < -0.3 is 10.2 Å². The minimum Gasteiger partial charge on any atom is -0.386 e. The molecule has 0 aromatic carbocycles. The second-order valence-electron chi connectivity index (χ2n) is 1.87. The van der Waals surface area contributed by atoms with E-state index in [1.165, 1.54) is 12.2 Å². The molecule has 0 radical (unpaired) electrons. The van der Waals surface area contributed by atoms with Crippen molar-refractivity contribution in [3.8, 4) is 0 Å². The van der Waals surface area contributed by atoms with Gasteiger partial charge in [-0.25, -0.2) is 4.39 Å². The van der Waals surface area contributed by atoms with E-state index in [2.05, 4.69) is 0 Å². The topological polar surface area (TPSA) is 40.5 Å². The van der Waals surface area contributed by atoms with Gasteiger partial charge in [0.05, 0.1) is 0 Å². The first-order valence-electron chi connectivity index (χ1n) is 2.62. The van der Waals surface area contributed by atoms with E-state index >= 15 is 0 Å². The van der Waals surface area contributed by atoms with Crippen molar-refractivity contribution in [1.82, 2.24) is 0 Å². The second kappa shape index (κ2) is 2.29. The van der Waals surface area contributed by atoms with E-state index in [9.17, 15) is 4.39 Å². The van der Waals surface area contributed by atoms with Gasteiger partial charge >= 0.3 is 0 Å². The molecule has 0 aliphatic heterocycles. The SMILES string of the molecule is O[C@@H]1C=CC=C(F)[C@@H]1O. The molecule has 0 bridgehead atoms. The highest BCUT2D eigenvalue weighted by Crippen LogP contribution is 2.13. The van der Waals surface area contributed by atoms with Crippen molar-refractivity contribution in [1.29, 1.82) is 0 Å². The smallest absolute Gasteiger partial charge is 0.135 e. The summed E-state index contributed by atoms with van der Waals surface area (Å²) in [6, 6.07) is 0. The zero-order chi connectivity index (χ0) is 6.85. The van der Waals surface area contributed by atoms with Gasteiger partial charge in [0.2, 0.25) is 0 Å². The molecule has 0 unspecified atom stereocenters. The Hall–Kier alpha value is -0.670. The van der Waals surface area contributed by atoms with E-state index in [4.69, 9.17) is 10.2 Å². The molecule has 1 rings (SSSR count). The van der Waals surface area contributed by atoms with Crippen molar-refractivity contribution in [2.45, 2.75) is 12.2 Å². The summed E-state index contributed by atoms with van der Waals surface area (Å²) in [6.07, 6.45) is 1.36. The van der Waals surface area contributed by atoms with Gasteiger partial charge in [-0.3, -0.25) is 0 Å². The highest BCUT2D eigenvalue weighted by Gasteiger charge is 2.19. The summed E-state index contributed by atoms with van der Waals surface area (Å²) in [7, 11) is 0. The summed E-state index contributed by atoms with van der Waals surface area (Å²) in [5, 5.41) is 17.4. The molecule has 1 aliphatic carbocycles. The van der Waals surface area contributed by atoms with Crippen LogP contribution in [0.1, 0.15) is 0 Å². The Bertz CT molecular complexity index is 162. The van der Waals surface area contributed by atoms with Crippen molar-refractivity contribution in [3.05, 3.63) is 24.1 Å². The van der Waals surface area contributed by atoms with Crippen LogP contribution in [0.4, 0.5) is 4.39 Å². The lowest BCUT2D eigenvalue weighted by Gasteiger charge is -2.14. The van der Waals surface area contributed by atoms with Crippen molar-refractivity contribution in [2.24, 2.45) is 0 Å². The summed E-state index contributed by atoms with van der Waals surface area (Å²) in [5.41, 5.74) is 0. The maximum atomic E-state index is 12.2. The van der Waals surface area contributed by atoms with Crippen molar-refractivity contribution in [2.75, 3.05) is 0 Å². The van der Waals surface area contributed by atoms with Gasteiger partial charge in [-0.05, 0) is 6.08 Å². The minimum absolute atomic E-state index is 0.690. The van der Waals surface area contributed by atoms with Crippen LogP contribution in [0.25, 0.3) is 0 Å². The van der Waals surface area contributed by atoms with Gasteiger partial charge in [-0.15, -0.1) is 0 Å². The molecule has 0 spiro atoms. The fourth-order valence-electron chi connectivity index (χ4n) is 0.628. The van der Waals surface area contributed by atoms with Crippen LogP contribution in [0.15, 0.2) is 24.1 Å². The monoisotopic (exact) mass is 130 g/mol. The molecule has 0 amide bonds. The first-order chi connectivity index (χ1) is 4.22. The first-order valence-corrected chi connectivity index (χ1v) is 2.62. The molecule has 0 fully saturated rings. The van der Waals surface area contributed by atoms with Crippen LogP contribution in [0.2, 0.25) is 0 Å². The van der Waals surface area contributed by atoms with E-state index < -0.39 is 18.0 Å². The standard InChI is InChI=1S/C6H7FO2/c7-4-2-1-3-5(8)6(4)9/h1-3,5-6,8-9H/t5-,6+/m1/s1. The molecule has 0 heterocycles. The molecular weight excluding hydrogens is 123 g/mol. The summed E-state index contributed by atoms with van der Waals surface area (Å²) < 4.78 is 12.2. The molecular formula is C6H7FO2. The quantitative estimate of drug-likeness (QED) is 0.489.